The van der Waals surface area contributed by atoms with E-state index in [2.05, 4.69) is 9.88 Å². The van der Waals surface area contributed by atoms with Gasteiger partial charge in [0, 0.05) is 18.1 Å². The van der Waals surface area contributed by atoms with Gasteiger partial charge in [-0.1, -0.05) is 35.1 Å². The smallest absolute Gasteiger partial charge is 0.292 e. The van der Waals surface area contributed by atoms with Crippen LogP contribution in [-0.2, 0) is 11.3 Å². The maximum atomic E-state index is 12.6. The summed E-state index contributed by atoms with van der Waals surface area (Å²) in [6.07, 6.45) is -0.898. The molecule has 0 spiro atoms. The molecule has 0 aliphatic carbocycles. The second-order valence-corrected chi connectivity index (χ2v) is 8.19. The SMILES string of the molecule is Cc1c(Cl)cccc1Cn1c([C@H](C)O)nc(=O)c2sc(N3CCOCC3)nc21. The summed E-state index contributed by atoms with van der Waals surface area (Å²) in [7, 11) is 0. The number of aliphatic hydroxyl groups is 1. The average Bonchev–Trinajstić information content (AvgIpc) is 3.14. The van der Waals surface area contributed by atoms with Crippen LogP contribution in [-0.4, -0.2) is 45.9 Å². The number of aliphatic hydroxyl groups excluding tert-OH is 1. The number of anilines is 1. The Balaban J connectivity index is 1.87. The Morgan fingerprint density at radius 2 is 2.07 bits per heavy atom. The predicted octanol–water partition coefficient (Wildman–Crippen LogP) is 2.75. The van der Waals surface area contributed by atoms with Gasteiger partial charge in [-0.25, -0.2) is 4.98 Å². The van der Waals surface area contributed by atoms with Gasteiger partial charge in [-0.2, -0.15) is 4.98 Å². The molecule has 0 amide bonds. The molecule has 0 radical (unpaired) electrons. The van der Waals surface area contributed by atoms with E-state index in [0.717, 1.165) is 29.3 Å². The molecule has 7 nitrogen and oxygen atoms in total. The summed E-state index contributed by atoms with van der Waals surface area (Å²) < 4.78 is 7.72. The molecule has 9 heteroatoms. The quantitative estimate of drug-likeness (QED) is 0.699. The normalized spacial score (nSPS) is 15.9. The molecule has 1 aliphatic heterocycles. The van der Waals surface area contributed by atoms with E-state index in [1.807, 2.05) is 29.7 Å². The topological polar surface area (TPSA) is 80.5 Å². The van der Waals surface area contributed by atoms with Crippen molar-refractivity contribution in [2.24, 2.45) is 0 Å². The minimum atomic E-state index is -0.898. The highest BCUT2D eigenvalue weighted by Gasteiger charge is 2.22. The molecule has 1 N–H and O–H groups in total. The average molecular weight is 421 g/mol. The van der Waals surface area contributed by atoms with Crippen LogP contribution >= 0.6 is 22.9 Å². The van der Waals surface area contributed by atoms with E-state index in [-0.39, 0.29) is 5.56 Å². The molecule has 1 aromatic carbocycles. The third-order valence-electron chi connectivity index (χ3n) is 4.90. The maximum Gasteiger partial charge on any atom is 0.292 e. The molecular weight excluding hydrogens is 400 g/mol. The number of hydrogen-bond donors (Lipinski definition) is 1. The molecule has 1 atom stereocenters. The third-order valence-corrected chi connectivity index (χ3v) is 6.41. The van der Waals surface area contributed by atoms with Gasteiger partial charge < -0.3 is 19.3 Å². The Bertz CT molecular complexity index is 1070. The number of rotatable bonds is 4. The molecule has 1 fully saturated rings. The first kappa shape index (κ1) is 19.3. The van der Waals surface area contributed by atoms with Crippen molar-refractivity contribution in [3.63, 3.8) is 0 Å². The number of morpholine rings is 1. The van der Waals surface area contributed by atoms with Crippen LogP contribution < -0.4 is 10.5 Å². The van der Waals surface area contributed by atoms with Crippen molar-refractivity contribution in [3.8, 4) is 0 Å². The Hall–Kier alpha value is -2.00. The fourth-order valence-electron chi connectivity index (χ4n) is 3.31. The summed E-state index contributed by atoms with van der Waals surface area (Å²) in [5, 5.41) is 11.7. The van der Waals surface area contributed by atoms with Crippen molar-refractivity contribution < 1.29 is 9.84 Å². The van der Waals surface area contributed by atoms with Gasteiger partial charge in [-0.05, 0) is 31.0 Å². The van der Waals surface area contributed by atoms with Gasteiger partial charge in [0.1, 0.15) is 16.6 Å². The molecule has 3 heterocycles. The zero-order valence-corrected chi connectivity index (χ0v) is 17.3. The van der Waals surface area contributed by atoms with Gasteiger partial charge in [-0.3, -0.25) is 4.79 Å². The molecule has 2 aromatic heterocycles. The number of aromatic nitrogens is 3. The minimum absolute atomic E-state index is 0.302. The molecule has 0 saturated carbocycles. The minimum Gasteiger partial charge on any atom is -0.385 e. The predicted molar refractivity (Wildman–Crippen MR) is 111 cm³/mol. The van der Waals surface area contributed by atoms with Crippen molar-refractivity contribution in [1.29, 1.82) is 0 Å². The summed E-state index contributed by atoms with van der Waals surface area (Å²) in [6, 6.07) is 5.71. The Labute approximate surface area is 171 Å². The van der Waals surface area contributed by atoms with E-state index < -0.39 is 6.10 Å². The lowest BCUT2D eigenvalue weighted by molar-refractivity contribution is 0.122. The lowest BCUT2D eigenvalue weighted by Crippen LogP contribution is -2.36. The first-order chi connectivity index (χ1) is 13.5. The second-order valence-electron chi connectivity index (χ2n) is 6.81. The van der Waals surface area contributed by atoms with Crippen molar-refractivity contribution in [2.75, 3.05) is 31.2 Å². The molecule has 28 heavy (non-hydrogen) atoms. The molecular formula is C19H21ClN4O3S. The van der Waals surface area contributed by atoms with Gasteiger partial charge in [0.15, 0.2) is 10.8 Å². The van der Waals surface area contributed by atoms with E-state index in [4.69, 9.17) is 21.3 Å². The van der Waals surface area contributed by atoms with Crippen molar-refractivity contribution in [1.82, 2.24) is 14.5 Å². The Kier molecular flexibility index (Phi) is 5.37. The number of fused-ring (bicyclic) bond motifs is 1. The monoisotopic (exact) mass is 420 g/mol. The van der Waals surface area contributed by atoms with Crippen LogP contribution in [0.1, 0.15) is 30.0 Å². The highest BCUT2D eigenvalue weighted by atomic mass is 35.5. The van der Waals surface area contributed by atoms with Gasteiger partial charge in [0.25, 0.3) is 5.56 Å². The number of halogens is 1. The molecule has 0 unspecified atom stereocenters. The van der Waals surface area contributed by atoms with Crippen molar-refractivity contribution >= 4 is 38.4 Å². The first-order valence-corrected chi connectivity index (χ1v) is 10.3. The van der Waals surface area contributed by atoms with E-state index in [9.17, 15) is 9.90 Å². The van der Waals surface area contributed by atoms with E-state index in [1.165, 1.54) is 11.3 Å². The van der Waals surface area contributed by atoms with Gasteiger partial charge >= 0.3 is 0 Å². The van der Waals surface area contributed by atoms with E-state index in [1.54, 1.807) is 6.92 Å². The summed E-state index contributed by atoms with van der Waals surface area (Å²) in [5.74, 6) is 0.302. The summed E-state index contributed by atoms with van der Waals surface area (Å²) in [4.78, 5) is 23.6. The number of ether oxygens (including phenoxy) is 1. The lowest BCUT2D eigenvalue weighted by atomic mass is 10.1. The van der Waals surface area contributed by atoms with Crippen LogP contribution in [0.2, 0.25) is 5.02 Å². The third kappa shape index (κ3) is 3.53. The lowest BCUT2D eigenvalue weighted by Gasteiger charge is -2.25. The second kappa shape index (κ2) is 7.79. The van der Waals surface area contributed by atoms with Crippen molar-refractivity contribution in [2.45, 2.75) is 26.5 Å². The fraction of sp³-hybridized carbons (Fsp3) is 0.421. The summed E-state index contributed by atoms with van der Waals surface area (Å²) in [5.41, 5.74) is 2.13. The van der Waals surface area contributed by atoms with Crippen LogP contribution in [0.5, 0.6) is 0 Å². The van der Waals surface area contributed by atoms with E-state index in [0.29, 0.717) is 41.0 Å². The van der Waals surface area contributed by atoms with Crippen LogP contribution in [0.4, 0.5) is 5.13 Å². The molecule has 1 aliphatic rings. The zero-order valence-electron chi connectivity index (χ0n) is 15.7. The van der Waals surface area contributed by atoms with Crippen LogP contribution in [0, 0.1) is 6.92 Å². The van der Waals surface area contributed by atoms with E-state index >= 15 is 0 Å². The Morgan fingerprint density at radius 3 is 2.79 bits per heavy atom. The highest BCUT2D eigenvalue weighted by molar-refractivity contribution is 7.22. The standard InChI is InChI=1S/C19H21ClN4O3S/c1-11-13(4-3-5-14(11)20)10-24-16(12(2)25)21-18(26)15-17(24)22-19(28-15)23-6-8-27-9-7-23/h3-5,12,25H,6-10H2,1-2H3/t12-/m0/s1. The van der Waals surface area contributed by atoms with Gasteiger partial charge in [0.05, 0.1) is 19.8 Å². The summed E-state index contributed by atoms with van der Waals surface area (Å²) >= 11 is 7.61. The van der Waals surface area contributed by atoms with Crippen LogP contribution in [0.3, 0.4) is 0 Å². The molecule has 1 saturated heterocycles. The number of thiazole rings is 1. The molecule has 3 aromatic rings. The van der Waals surface area contributed by atoms with Crippen LogP contribution in [0.25, 0.3) is 10.3 Å². The fourth-order valence-corrected chi connectivity index (χ4v) is 4.51. The van der Waals surface area contributed by atoms with Crippen LogP contribution in [0.15, 0.2) is 23.0 Å². The molecule has 148 valence electrons. The number of hydrogen-bond acceptors (Lipinski definition) is 7. The molecule has 4 rings (SSSR count). The molecule has 0 bridgehead atoms. The largest absolute Gasteiger partial charge is 0.385 e. The highest BCUT2D eigenvalue weighted by Crippen LogP contribution is 2.29. The first-order valence-electron chi connectivity index (χ1n) is 9.11. The number of benzene rings is 1. The van der Waals surface area contributed by atoms with Crippen molar-refractivity contribution in [3.05, 3.63) is 50.5 Å². The maximum absolute atomic E-state index is 12.6. The summed E-state index contributed by atoms with van der Waals surface area (Å²) in [6.45, 7) is 6.72. The van der Waals surface area contributed by atoms with Gasteiger partial charge in [0.2, 0.25) is 0 Å². The van der Waals surface area contributed by atoms with Gasteiger partial charge in [-0.15, -0.1) is 0 Å². The zero-order chi connectivity index (χ0) is 19.8. The number of nitrogens with zero attached hydrogens (tertiary/aromatic N) is 4. The Morgan fingerprint density at radius 1 is 1.32 bits per heavy atom.